The number of carbonyl (C=O) groups is 1. The number of hydrogen-bond acceptors (Lipinski definition) is 6. The van der Waals surface area contributed by atoms with Crippen LogP contribution < -0.4 is 5.73 Å². The Morgan fingerprint density at radius 2 is 2.25 bits per heavy atom. The molecule has 0 saturated heterocycles. The maximum atomic E-state index is 11.8. The van der Waals surface area contributed by atoms with Crippen molar-refractivity contribution in [2.75, 3.05) is 12.3 Å². The normalized spacial score (nSPS) is 10.6. The van der Waals surface area contributed by atoms with Crippen LogP contribution in [0.1, 0.15) is 23.0 Å². The molecular formula is C13H16N4O2S. The summed E-state index contributed by atoms with van der Waals surface area (Å²) in [5, 5.41) is 5.87. The molecule has 2 aromatic heterocycles. The number of hydrogen-bond donors (Lipinski definition) is 1. The Bertz CT molecular complexity index is 639. The molecule has 2 rings (SSSR count). The molecule has 0 atom stereocenters. The van der Waals surface area contributed by atoms with E-state index in [0.717, 1.165) is 10.7 Å². The largest absolute Gasteiger partial charge is 0.462 e. The van der Waals surface area contributed by atoms with Gasteiger partial charge in [0.2, 0.25) is 0 Å². The van der Waals surface area contributed by atoms with Crippen molar-refractivity contribution in [2.24, 2.45) is 7.05 Å². The fourth-order valence-electron chi connectivity index (χ4n) is 1.68. The molecule has 2 aromatic rings. The summed E-state index contributed by atoms with van der Waals surface area (Å²) in [5.74, 6) is -0.435. The van der Waals surface area contributed by atoms with E-state index in [0.29, 0.717) is 22.9 Å². The minimum atomic E-state index is -0.435. The number of esters is 1. The summed E-state index contributed by atoms with van der Waals surface area (Å²) in [6.45, 7) is 3.98. The van der Waals surface area contributed by atoms with Gasteiger partial charge in [0, 0.05) is 7.05 Å². The molecule has 0 saturated carbocycles. The fraction of sp³-hybridized carbons (Fsp3) is 0.308. The van der Waals surface area contributed by atoms with Crippen molar-refractivity contribution in [2.45, 2.75) is 23.9 Å². The number of nitrogens with two attached hydrogens (primary N) is 1. The highest BCUT2D eigenvalue weighted by molar-refractivity contribution is 7.99. The van der Waals surface area contributed by atoms with Crippen LogP contribution in [0.2, 0.25) is 0 Å². The van der Waals surface area contributed by atoms with Crippen LogP contribution in [-0.4, -0.2) is 27.3 Å². The number of anilines is 1. The topological polar surface area (TPSA) is 83.0 Å². The van der Waals surface area contributed by atoms with E-state index in [9.17, 15) is 4.79 Å². The van der Waals surface area contributed by atoms with Crippen molar-refractivity contribution < 1.29 is 9.53 Å². The number of nitrogen functional groups attached to an aromatic ring is 1. The average Bonchev–Trinajstić information content (AvgIpc) is 2.70. The summed E-state index contributed by atoms with van der Waals surface area (Å²) >= 11 is 1.42. The first-order chi connectivity index (χ1) is 9.51. The molecule has 0 spiro atoms. The number of nitrogens with zero attached hydrogens (tertiary/aromatic N) is 3. The second-order valence-electron chi connectivity index (χ2n) is 4.18. The average molecular weight is 292 g/mol. The highest BCUT2D eigenvalue weighted by Gasteiger charge is 2.14. The predicted molar refractivity (Wildman–Crippen MR) is 76.7 cm³/mol. The second kappa shape index (κ2) is 5.96. The molecular weight excluding hydrogens is 276 g/mol. The van der Waals surface area contributed by atoms with E-state index in [1.54, 1.807) is 17.7 Å². The van der Waals surface area contributed by atoms with E-state index >= 15 is 0 Å². The highest BCUT2D eigenvalue weighted by Crippen LogP contribution is 2.28. The van der Waals surface area contributed by atoms with Gasteiger partial charge in [0.1, 0.15) is 10.1 Å². The van der Waals surface area contributed by atoms with E-state index < -0.39 is 5.97 Å². The minimum absolute atomic E-state index is 0.310. The van der Waals surface area contributed by atoms with Crippen LogP contribution in [0.4, 0.5) is 5.69 Å². The zero-order valence-electron chi connectivity index (χ0n) is 11.6. The van der Waals surface area contributed by atoms with E-state index in [-0.39, 0.29) is 0 Å². The van der Waals surface area contributed by atoms with Crippen molar-refractivity contribution >= 4 is 23.4 Å². The van der Waals surface area contributed by atoms with Crippen LogP contribution in [0.25, 0.3) is 0 Å². The molecule has 20 heavy (non-hydrogen) atoms. The molecule has 0 aliphatic carbocycles. The standard InChI is InChI=1S/C13H16N4O2S/c1-4-19-13(18)9-6-11(15-7-10(9)14)20-12-5-8(2)16-17(12)3/h5-7H,4,14H2,1-3H3. The van der Waals surface area contributed by atoms with Gasteiger partial charge in [0.15, 0.2) is 0 Å². The van der Waals surface area contributed by atoms with Crippen molar-refractivity contribution in [3.8, 4) is 0 Å². The van der Waals surface area contributed by atoms with Gasteiger partial charge in [-0.15, -0.1) is 0 Å². The van der Waals surface area contributed by atoms with Crippen LogP contribution in [0.15, 0.2) is 28.4 Å². The molecule has 106 valence electrons. The third-order valence-corrected chi connectivity index (χ3v) is 3.60. The molecule has 0 radical (unpaired) electrons. The molecule has 7 heteroatoms. The lowest BCUT2D eigenvalue weighted by molar-refractivity contribution is 0.0527. The van der Waals surface area contributed by atoms with Gasteiger partial charge in [0.25, 0.3) is 0 Å². The van der Waals surface area contributed by atoms with Gasteiger partial charge in [-0.3, -0.25) is 4.68 Å². The van der Waals surface area contributed by atoms with Crippen LogP contribution in [0.5, 0.6) is 0 Å². The van der Waals surface area contributed by atoms with E-state index in [1.807, 2.05) is 20.0 Å². The Hall–Kier alpha value is -2.02. The Kier molecular flexibility index (Phi) is 4.29. The molecule has 0 aliphatic rings. The molecule has 6 nitrogen and oxygen atoms in total. The summed E-state index contributed by atoms with van der Waals surface area (Å²) in [6.07, 6.45) is 1.47. The van der Waals surface area contributed by atoms with E-state index in [2.05, 4.69) is 10.1 Å². The lowest BCUT2D eigenvalue weighted by Gasteiger charge is -2.07. The van der Waals surface area contributed by atoms with Gasteiger partial charge in [-0.25, -0.2) is 9.78 Å². The second-order valence-corrected chi connectivity index (χ2v) is 5.22. The number of pyridine rings is 1. The van der Waals surface area contributed by atoms with Gasteiger partial charge >= 0.3 is 5.97 Å². The van der Waals surface area contributed by atoms with Crippen LogP contribution in [0, 0.1) is 6.92 Å². The minimum Gasteiger partial charge on any atom is -0.462 e. The van der Waals surface area contributed by atoms with Gasteiger partial charge < -0.3 is 10.5 Å². The predicted octanol–water partition coefficient (Wildman–Crippen LogP) is 2.03. The number of ether oxygens (including phenoxy) is 1. The monoisotopic (exact) mass is 292 g/mol. The Morgan fingerprint density at radius 3 is 2.85 bits per heavy atom. The lowest BCUT2D eigenvalue weighted by atomic mass is 10.2. The van der Waals surface area contributed by atoms with Crippen LogP contribution in [-0.2, 0) is 11.8 Å². The third kappa shape index (κ3) is 3.11. The number of rotatable bonds is 4. The molecule has 2 heterocycles. The van der Waals surface area contributed by atoms with Crippen molar-refractivity contribution in [3.05, 3.63) is 29.6 Å². The van der Waals surface area contributed by atoms with Gasteiger partial charge in [-0.2, -0.15) is 5.10 Å². The highest BCUT2D eigenvalue weighted by atomic mass is 32.2. The summed E-state index contributed by atoms with van der Waals surface area (Å²) < 4.78 is 6.73. The first-order valence-corrected chi connectivity index (χ1v) is 6.94. The summed E-state index contributed by atoms with van der Waals surface area (Å²) in [7, 11) is 1.86. The maximum Gasteiger partial charge on any atom is 0.340 e. The molecule has 0 unspecified atom stereocenters. The molecule has 0 bridgehead atoms. The number of aryl methyl sites for hydroxylation is 2. The van der Waals surface area contributed by atoms with Crippen molar-refractivity contribution in [1.82, 2.24) is 14.8 Å². The number of aromatic nitrogens is 3. The molecule has 0 aliphatic heterocycles. The molecule has 0 aromatic carbocycles. The van der Waals surface area contributed by atoms with Crippen molar-refractivity contribution in [1.29, 1.82) is 0 Å². The SMILES string of the molecule is CCOC(=O)c1cc(Sc2cc(C)nn2C)ncc1N. The Labute approximate surface area is 121 Å². The maximum absolute atomic E-state index is 11.8. The number of carbonyl (C=O) groups excluding carboxylic acids is 1. The quantitative estimate of drug-likeness (QED) is 0.868. The van der Waals surface area contributed by atoms with Gasteiger partial charge in [-0.1, -0.05) is 11.8 Å². The fourth-order valence-corrected chi connectivity index (χ4v) is 2.58. The molecule has 0 amide bonds. The first-order valence-electron chi connectivity index (χ1n) is 6.12. The van der Waals surface area contributed by atoms with Crippen molar-refractivity contribution in [3.63, 3.8) is 0 Å². The zero-order chi connectivity index (χ0) is 14.7. The summed E-state index contributed by atoms with van der Waals surface area (Å²) in [6, 6.07) is 3.59. The third-order valence-electron chi connectivity index (χ3n) is 2.57. The molecule has 2 N–H and O–H groups in total. The lowest BCUT2D eigenvalue weighted by Crippen LogP contribution is -2.08. The smallest absolute Gasteiger partial charge is 0.340 e. The zero-order valence-corrected chi connectivity index (χ0v) is 12.4. The van der Waals surface area contributed by atoms with Gasteiger partial charge in [0.05, 0.1) is 29.7 Å². The first kappa shape index (κ1) is 14.4. The summed E-state index contributed by atoms with van der Waals surface area (Å²) in [5.41, 5.74) is 7.34. The summed E-state index contributed by atoms with van der Waals surface area (Å²) in [4.78, 5) is 16.0. The van der Waals surface area contributed by atoms with Gasteiger partial charge in [-0.05, 0) is 26.0 Å². The molecule has 0 fully saturated rings. The van der Waals surface area contributed by atoms with Crippen LogP contribution >= 0.6 is 11.8 Å². The van der Waals surface area contributed by atoms with Crippen LogP contribution in [0.3, 0.4) is 0 Å². The Balaban J connectivity index is 2.27. The van der Waals surface area contributed by atoms with E-state index in [4.69, 9.17) is 10.5 Å². The Morgan fingerprint density at radius 1 is 1.50 bits per heavy atom. The van der Waals surface area contributed by atoms with E-state index in [1.165, 1.54) is 18.0 Å².